The van der Waals surface area contributed by atoms with Gasteiger partial charge in [-0.1, -0.05) is 151 Å². The summed E-state index contributed by atoms with van der Waals surface area (Å²) in [6.45, 7) is 20.7. The van der Waals surface area contributed by atoms with E-state index in [0.29, 0.717) is 36.0 Å². The molecule has 9 heteroatoms. The molecule has 0 saturated heterocycles. The Labute approximate surface area is 390 Å². The summed E-state index contributed by atoms with van der Waals surface area (Å²) in [5.41, 5.74) is 15.2. The molecule has 0 aromatic heterocycles. The van der Waals surface area contributed by atoms with Crippen LogP contribution in [0.15, 0.2) is 72.8 Å². The number of ether oxygens (including phenoxy) is 2. The standard InChI is InChI=1S/C26H35NO3.C26H33NO2.CH2Cl2.CH4/c1-6-9-20-15-22(23(28)8-3)16-21(10-7-2)24(20)30-25(26(27)29)19-13-11-18(12-14-19)17(4)5;1-6-9-21-15-23(24(28)8-3)16-22(10-7-2)26(21)29-25(17-27)20-13-11-19(12-14-20)18(4)5;2-1-3;/h11-17,25H,6-10H2,1-5H3,(H2,27,29);11-16,18,25H,6-10H2,1-5H3;1H2;1H4. The van der Waals surface area contributed by atoms with Crippen molar-refractivity contribution in [1.29, 1.82) is 5.26 Å². The van der Waals surface area contributed by atoms with Crippen LogP contribution >= 0.6 is 23.2 Å². The Morgan fingerprint density at radius 2 is 0.873 bits per heavy atom. The van der Waals surface area contributed by atoms with Gasteiger partial charge in [-0.3, -0.25) is 14.4 Å². The lowest BCUT2D eigenvalue weighted by Gasteiger charge is -2.23. The molecule has 0 bridgehead atoms. The number of primary amides is 1. The molecule has 0 saturated carbocycles. The van der Waals surface area contributed by atoms with Gasteiger partial charge >= 0.3 is 0 Å². The highest BCUT2D eigenvalue weighted by atomic mass is 35.5. The van der Waals surface area contributed by atoms with E-state index in [0.717, 1.165) is 96.1 Å². The van der Waals surface area contributed by atoms with Crippen molar-refractivity contribution in [3.63, 3.8) is 0 Å². The smallest absolute Gasteiger partial charge is 0.263 e. The van der Waals surface area contributed by atoms with Crippen molar-refractivity contribution in [3.05, 3.63) is 128 Å². The number of nitriles is 1. The number of alkyl halides is 2. The van der Waals surface area contributed by atoms with Crippen LogP contribution < -0.4 is 15.2 Å². The Morgan fingerprint density at radius 1 is 0.571 bits per heavy atom. The number of hydrogen-bond donors (Lipinski definition) is 1. The van der Waals surface area contributed by atoms with E-state index in [9.17, 15) is 19.6 Å². The van der Waals surface area contributed by atoms with Crippen LogP contribution in [0.1, 0.15) is 204 Å². The Hall–Kier alpha value is -4.64. The Morgan fingerprint density at radius 3 is 1.14 bits per heavy atom. The van der Waals surface area contributed by atoms with Gasteiger partial charge in [0.25, 0.3) is 5.91 Å². The fourth-order valence-electron chi connectivity index (χ4n) is 7.17. The third-order valence-electron chi connectivity index (χ3n) is 10.5. The first kappa shape index (κ1) is 56.4. The molecule has 63 heavy (non-hydrogen) atoms. The number of nitrogens with zero attached hydrogens (tertiary/aromatic N) is 1. The average Bonchev–Trinajstić information content (AvgIpc) is 3.26. The van der Waals surface area contributed by atoms with E-state index in [-0.39, 0.29) is 24.3 Å². The van der Waals surface area contributed by atoms with Crippen LogP contribution in [0.4, 0.5) is 0 Å². The highest BCUT2D eigenvalue weighted by Crippen LogP contribution is 2.35. The fourth-order valence-corrected chi connectivity index (χ4v) is 7.17. The van der Waals surface area contributed by atoms with Gasteiger partial charge in [0.05, 0.1) is 5.34 Å². The molecule has 0 fully saturated rings. The molecular weight excluding hydrogens is 828 g/mol. The fraction of sp³-hybridized carbons (Fsp3) is 0.481. The van der Waals surface area contributed by atoms with Crippen LogP contribution in [-0.4, -0.2) is 22.8 Å². The van der Waals surface area contributed by atoms with Gasteiger partial charge in [0.15, 0.2) is 11.6 Å². The number of amides is 1. The van der Waals surface area contributed by atoms with Crippen LogP contribution in [0, 0.1) is 11.3 Å². The lowest BCUT2D eigenvalue weighted by Crippen LogP contribution is -2.27. The molecule has 7 nitrogen and oxygen atoms in total. The van der Waals surface area contributed by atoms with E-state index in [4.69, 9.17) is 38.4 Å². The monoisotopic (exact) mass is 900 g/mol. The molecule has 0 aliphatic rings. The Balaban J connectivity index is 0.000000584. The first-order valence-electron chi connectivity index (χ1n) is 22.4. The molecule has 0 aliphatic carbocycles. The number of hydrogen-bond acceptors (Lipinski definition) is 6. The molecule has 4 rings (SSSR count). The molecular formula is C54H74Cl2N2O5. The SMILES string of the molecule is C.CCCc1cc(C(=O)CC)cc(CCC)c1OC(C#N)c1ccc(C(C)C)cc1.CCCc1cc(C(=O)CC)cc(CCC)c1OC(C(N)=O)c1ccc(C(C)C)cc1.ClCCl. The summed E-state index contributed by atoms with van der Waals surface area (Å²) in [6.07, 6.45) is 6.32. The van der Waals surface area contributed by atoms with Gasteiger partial charge in [0.2, 0.25) is 12.2 Å². The second-order valence-corrected chi connectivity index (χ2v) is 16.9. The zero-order valence-electron chi connectivity index (χ0n) is 38.8. The Kier molecular flexibility index (Phi) is 26.6. The largest absolute Gasteiger partial charge is 0.475 e. The molecule has 0 aliphatic heterocycles. The predicted octanol–water partition coefficient (Wildman–Crippen LogP) is 14.9. The van der Waals surface area contributed by atoms with Crippen LogP contribution in [-0.2, 0) is 30.5 Å². The van der Waals surface area contributed by atoms with Gasteiger partial charge in [-0.2, -0.15) is 5.26 Å². The molecule has 1 amide bonds. The minimum absolute atomic E-state index is 0. The molecule has 2 N–H and O–H groups in total. The minimum Gasteiger partial charge on any atom is -0.475 e. The van der Waals surface area contributed by atoms with Crippen molar-refractivity contribution in [2.45, 2.75) is 165 Å². The van der Waals surface area contributed by atoms with Crippen molar-refractivity contribution in [2.75, 3.05) is 5.34 Å². The maximum absolute atomic E-state index is 12.4. The number of carbonyl (C=O) groups excluding carboxylic acids is 3. The number of ketones is 2. The van der Waals surface area contributed by atoms with Crippen molar-refractivity contribution < 1.29 is 23.9 Å². The number of halogens is 2. The summed E-state index contributed by atoms with van der Waals surface area (Å²) < 4.78 is 12.6. The van der Waals surface area contributed by atoms with E-state index < -0.39 is 18.1 Å². The normalized spacial score (nSPS) is 11.5. The van der Waals surface area contributed by atoms with Crippen molar-refractivity contribution in [3.8, 4) is 17.6 Å². The minimum atomic E-state index is -0.870. The quantitative estimate of drug-likeness (QED) is 0.0657. The lowest BCUT2D eigenvalue weighted by atomic mass is 9.95. The zero-order valence-corrected chi connectivity index (χ0v) is 40.3. The summed E-state index contributed by atoms with van der Waals surface area (Å²) in [5, 5.41) is 10.0. The van der Waals surface area contributed by atoms with E-state index in [2.05, 4.69) is 73.6 Å². The van der Waals surface area contributed by atoms with Crippen LogP contribution in [0.2, 0.25) is 0 Å². The summed E-state index contributed by atoms with van der Waals surface area (Å²) in [4.78, 5) is 37.0. The van der Waals surface area contributed by atoms with Crippen molar-refractivity contribution in [2.24, 2.45) is 5.73 Å². The highest BCUT2D eigenvalue weighted by Gasteiger charge is 2.25. The molecule has 4 aromatic carbocycles. The molecule has 2 atom stereocenters. The van der Waals surface area contributed by atoms with Crippen molar-refractivity contribution in [1.82, 2.24) is 0 Å². The molecule has 2 unspecified atom stereocenters. The van der Waals surface area contributed by atoms with Gasteiger partial charge in [-0.25, -0.2) is 0 Å². The average molecular weight is 902 g/mol. The van der Waals surface area contributed by atoms with Crippen LogP contribution in [0.5, 0.6) is 11.5 Å². The lowest BCUT2D eigenvalue weighted by molar-refractivity contribution is -0.125. The molecule has 0 spiro atoms. The summed E-state index contributed by atoms with van der Waals surface area (Å²) in [6, 6.07) is 26.0. The predicted molar refractivity (Wildman–Crippen MR) is 264 cm³/mol. The van der Waals surface area contributed by atoms with E-state index in [1.165, 1.54) is 11.1 Å². The van der Waals surface area contributed by atoms with Crippen molar-refractivity contribution >= 4 is 40.7 Å². The first-order chi connectivity index (χ1) is 29.7. The summed E-state index contributed by atoms with van der Waals surface area (Å²) in [5.74, 6) is 2.07. The zero-order chi connectivity index (χ0) is 46.4. The van der Waals surface area contributed by atoms with E-state index in [1.807, 2.05) is 74.5 Å². The molecule has 4 aromatic rings. The number of benzene rings is 4. The summed E-state index contributed by atoms with van der Waals surface area (Å²) in [7, 11) is 0. The van der Waals surface area contributed by atoms with Gasteiger partial charge in [0.1, 0.15) is 17.6 Å². The third-order valence-corrected chi connectivity index (χ3v) is 10.5. The van der Waals surface area contributed by atoms with Crippen LogP contribution in [0.3, 0.4) is 0 Å². The molecule has 0 radical (unpaired) electrons. The van der Waals surface area contributed by atoms with E-state index in [1.54, 1.807) is 0 Å². The number of nitrogens with two attached hydrogens (primary N) is 1. The summed E-state index contributed by atoms with van der Waals surface area (Å²) >= 11 is 9.53. The maximum atomic E-state index is 12.4. The second-order valence-electron chi connectivity index (χ2n) is 16.1. The van der Waals surface area contributed by atoms with Gasteiger partial charge in [-0.15, -0.1) is 23.2 Å². The second kappa shape index (κ2) is 29.7. The highest BCUT2D eigenvalue weighted by molar-refractivity contribution is 6.40. The third kappa shape index (κ3) is 17.1. The Bertz CT molecular complexity index is 2000. The molecule has 0 heterocycles. The first-order valence-corrected chi connectivity index (χ1v) is 23.5. The van der Waals surface area contributed by atoms with Gasteiger partial charge in [-0.05, 0) is 95.2 Å². The van der Waals surface area contributed by atoms with Gasteiger partial charge in [0, 0.05) is 35.1 Å². The number of aryl methyl sites for hydroxylation is 4. The number of Topliss-reactive ketones (excluding diaryl/α,β-unsaturated/α-hetero) is 2. The topological polar surface area (TPSA) is 119 Å². The molecule has 344 valence electrons. The van der Waals surface area contributed by atoms with Gasteiger partial charge < -0.3 is 15.2 Å². The maximum Gasteiger partial charge on any atom is 0.263 e. The number of carbonyl (C=O) groups is 3. The van der Waals surface area contributed by atoms with E-state index >= 15 is 0 Å². The number of rotatable bonds is 21. The van der Waals surface area contributed by atoms with Crippen LogP contribution in [0.25, 0.3) is 0 Å².